The van der Waals surface area contributed by atoms with E-state index in [0.29, 0.717) is 26.0 Å². The minimum Gasteiger partial charge on any atom is -0.250 e. The Kier molecular flexibility index (Phi) is 12.5. The van der Waals surface area contributed by atoms with Crippen LogP contribution in [0.4, 0.5) is 114 Å². The Hall–Kier alpha value is -5.08. The SMILES string of the molecule is CC(C)(c1cc(-c2ccccc2)cc(C(F)(F)C(F)(F)C(F)(F)C(F)(F)C(F)(F)C(F)(F)F)n1)c1cc(-c2ccccc2)cc(C(F)(F)C(F)(F)C(F)(F)C(F)(F)C(F)(F)C(F)(F)F)n1. The summed E-state index contributed by atoms with van der Waals surface area (Å²) in [6.07, 6.45) is -15.6. The molecule has 360 valence electrons. The molecule has 0 spiro atoms. The molecule has 2 heterocycles. The van der Waals surface area contributed by atoms with Crippen molar-refractivity contribution in [2.45, 2.75) is 90.8 Å². The van der Waals surface area contributed by atoms with Gasteiger partial charge in [0.25, 0.3) is 0 Å². The molecule has 0 atom stereocenters. The number of hydrogen-bond acceptors (Lipinski definition) is 2. The summed E-state index contributed by atoms with van der Waals surface area (Å²) in [5.41, 5.74) is -14.6. The van der Waals surface area contributed by atoms with Crippen molar-refractivity contribution in [3.05, 3.63) is 108 Å². The zero-order valence-electron chi connectivity index (χ0n) is 31.3. The lowest BCUT2D eigenvalue weighted by Crippen LogP contribution is -2.69. The summed E-state index contributed by atoms with van der Waals surface area (Å²) < 4.78 is 369. The van der Waals surface area contributed by atoms with Crippen LogP contribution in [-0.4, -0.2) is 69.7 Å². The molecule has 0 radical (unpaired) electrons. The molecule has 2 aromatic heterocycles. The van der Waals surface area contributed by atoms with Crippen molar-refractivity contribution in [3.63, 3.8) is 0 Å². The van der Waals surface area contributed by atoms with E-state index in [0.717, 1.165) is 48.5 Å². The fourth-order valence-electron chi connectivity index (χ4n) is 5.61. The zero-order valence-corrected chi connectivity index (χ0v) is 31.3. The molecule has 0 fully saturated rings. The van der Waals surface area contributed by atoms with Crippen LogP contribution in [-0.2, 0) is 17.3 Å². The fourth-order valence-corrected chi connectivity index (χ4v) is 5.61. The summed E-state index contributed by atoms with van der Waals surface area (Å²) in [6, 6.07) is 10.2. The maximum Gasteiger partial charge on any atom is 0.460 e. The average molecular weight is 987 g/mol. The van der Waals surface area contributed by atoms with E-state index in [-0.39, 0.29) is 12.1 Å². The average Bonchev–Trinajstić information content (AvgIpc) is 3.19. The molecule has 0 amide bonds. The van der Waals surface area contributed by atoms with Crippen molar-refractivity contribution in [2.75, 3.05) is 0 Å². The van der Waals surface area contributed by atoms with Gasteiger partial charge in [-0.3, -0.25) is 9.97 Å². The second kappa shape index (κ2) is 15.5. The molecule has 4 aromatic rings. The van der Waals surface area contributed by atoms with Crippen LogP contribution in [0.2, 0.25) is 0 Å². The standard InChI is InChI=1S/C37H20F26N2/c1-25(2,21-13-19(17-9-5-3-6-10-17)15-23(64-21)26(38,39)28(42,43)30(46,47)32(50,51)34(54,55)36(58,59)60)22-14-20(18-11-7-4-8-12-18)16-24(65-22)27(40,41)29(44,45)31(48,49)33(52,53)35(56,57)37(61,62)63/h3-16H,1-2H3. The summed E-state index contributed by atoms with van der Waals surface area (Å²) in [5.74, 6) is -80.1. The highest BCUT2D eigenvalue weighted by atomic mass is 19.4. The highest BCUT2D eigenvalue weighted by molar-refractivity contribution is 5.67. The van der Waals surface area contributed by atoms with Crippen molar-refractivity contribution in [1.29, 1.82) is 0 Å². The monoisotopic (exact) mass is 986 g/mol. The van der Waals surface area contributed by atoms with Gasteiger partial charge in [-0.2, -0.15) is 114 Å². The maximum atomic E-state index is 15.7. The van der Waals surface area contributed by atoms with Crippen LogP contribution >= 0.6 is 0 Å². The second-order valence-electron chi connectivity index (χ2n) is 14.3. The lowest BCUT2D eigenvalue weighted by Gasteiger charge is -2.40. The van der Waals surface area contributed by atoms with Crippen molar-refractivity contribution in [3.8, 4) is 22.3 Å². The Labute approximate surface area is 345 Å². The van der Waals surface area contributed by atoms with Gasteiger partial charge in [-0.15, -0.1) is 0 Å². The van der Waals surface area contributed by atoms with Crippen LogP contribution in [0.15, 0.2) is 84.9 Å². The zero-order chi connectivity index (χ0) is 50.4. The number of pyridine rings is 2. The van der Waals surface area contributed by atoms with Gasteiger partial charge in [0.2, 0.25) is 0 Å². The fraction of sp³-hybridized carbons (Fsp3) is 0.405. The van der Waals surface area contributed by atoms with E-state index in [1.54, 1.807) is 0 Å². The van der Waals surface area contributed by atoms with E-state index in [4.69, 9.17) is 0 Å². The number of aromatic nitrogens is 2. The molecule has 0 bridgehead atoms. The summed E-state index contributed by atoms with van der Waals surface area (Å²) in [5, 5.41) is 0. The number of halogens is 26. The Balaban J connectivity index is 2.08. The number of rotatable bonds is 14. The predicted octanol–water partition coefficient (Wildman–Crippen LogP) is 14.5. The van der Waals surface area contributed by atoms with E-state index < -0.39 is 122 Å². The molecule has 0 saturated heterocycles. The van der Waals surface area contributed by atoms with Gasteiger partial charge in [0.1, 0.15) is 11.4 Å². The van der Waals surface area contributed by atoms with Crippen LogP contribution in [0.1, 0.15) is 36.6 Å². The molecule has 2 aromatic carbocycles. The van der Waals surface area contributed by atoms with Gasteiger partial charge in [-0.1, -0.05) is 60.7 Å². The molecule has 0 aliphatic heterocycles. The second-order valence-corrected chi connectivity index (χ2v) is 14.3. The lowest BCUT2D eigenvalue weighted by molar-refractivity contribution is -0.442. The largest absolute Gasteiger partial charge is 0.460 e. The molecular formula is C37H20F26N2. The maximum absolute atomic E-state index is 15.7. The van der Waals surface area contributed by atoms with Crippen molar-refractivity contribution < 1.29 is 114 Å². The molecule has 4 rings (SSSR count). The Bertz CT molecular complexity index is 2190. The molecule has 0 saturated carbocycles. The van der Waals surface area contributed by atoms with Gasteiger partial charge in [0.05, 0.1) is 11.4 Å². The first-order valence-corrected chi connectivity index (χ1v) is 16.9. The molecule has 28 heteroatoms. The van der Waals surface area contributed by atoms with Gasteiger partial charge >= 0.3 is 71.6 Å². The van der Waals surface area contributed by atoms with Crippen LogP contribution in [0, 0.1) is 0 Å². The van der Waals surface area contributed by atoms with Crippen LogP contribution in [0.3, 0.4) is 0 Å². The Morgan fingerprint density at radius 1 is 0.277 bits per heavy atom. The molecule has 65 heavy (non-hydrogen) atoms. The van der Waals surface area contributed by atoms with Crippen LogP contribution in [0.5, 0.6) is 0 Å². The molecule has 0 unspecified atom stereocenters. The van der Waals surface area contributed by atoms with Gasteiger partial charge in [0.15, 0.2) is 0 Å². The van der Waals surface area contributed by atoms with E-state index in [1.165, 1.54) is 12.1 Å². The number of nitrogens with zero attached hydrogens (tertiary/aromatic N) is 2. The van der Waals surface area contributed by atoms with Crippen molar-refractivity contribution >= 4 is 0 Å². The number of benzene rings is 2. The van der Waals surface area contributed by atoms with E-state index in [9.17, 15) is 79.0 Å². The predicted molar refractivity (Wildman–Crippen MR) is 171 cm³/mol. The third-order valence-corrected chi connectivity index (χ3v) is 9.66. The Morgan fingerprint density at radius 2 is 0.508 bits per heavy atom. The van der Waals surface area contributed by atoms with E-state index in [1.807, 2.05) is 0 Å². The van der Waals surface area contributed by atoms with E-state index >= 15 is 35.1 Å². The Morgan fingerprint density at radius 3 is 0.754 bits per heavy atom. The topological polar surface area (TPSA) is 25.8 Å². The van der Waals surface area contributed by atoms with Gasteiger partial charge < -0.3 is 0 Å². The number of alkyl halides is 26. The van der Waals surface area contributed by atoms with Gasteiger partial charge in [-0.05, 0) is 60.4 Å². The minimum absolute atomic E-state index is 0.341. The molecule has 0 N–H and O–H groups in total. The first kappa shape index (κ1) is 52.5. The van der Waals surface area contributed by atoms with E-state index in [2.05, 4.69) is 9.97 Å². The summed E-state index contributed by atoms with van der Waals surface area (Å²) >= 11 is 0. The lowest BCUT2D eigenvalue weighted by atomic mass is 9.81. The molecular weight excluding hydrogens is 966 g/mol. The van der Waals surface area contributed by atoms with Crippen LogP contribution in [0.25, 0.3) is 22.3 Å². The molecule has 2 nitrogen and oxygen atoms in total. The highest BCUT2D eigenvalue weighted by Crippen LogP contribution is 2.64. The normalized spacial score (nSPS) is 15.1. The van der Waals surface area contributed by atoms with Crippen molar-refractivity contribution in [1.82, 2.24) is 9.97 Å². The van der Waals surface area contributed by atoms with Crippen LogP contribution < -0.4 is 0 Å². The first-order valence-electron chi connectivity index (χ1n) is 16.9. The molecule has 0 aliphatic carbocycles. The minimum atomic E-state index is -8.39. The quantitative estimate of drug-likeness (QED) is 0.118. The molecule has 0 aliphatic rings. The van der Waals surface area contributed by atoms with Gasteiger partial charge in [-0.25, -0.2) is 0 Å². The smallest absolute Gasteiger partial charge is 0.250 e. The number of hydrogen-bond donors (Lipinski definition) is 0. The van der Waals surface area contributed by atoms with Gasteiger partial charge in [0, 0.05) is 5.41 Å². The summed E-state index contributed by atoms with van der Waals surface area (Å²) in [7, 11) is 0. The highest BCUT2D eigenvalue weighted by Gasteiger charge is 2.92. The van der Waals surface area contributed by atoms with Crippen molar-refractivity contribution in [2.24, 2.45) is 0 Å². The third kappa shape index (κ3) is 7.75. The summed E-state index contributed by atoms with van der Waals surface area (Å²) in [6.45, 7) is 1.00. The summed E-state index contributed by atoms with van der Waals surface area (Å²) in [4.78, 5) is 5.83. The first-order chi connectivity index (χ1) is 28.9. The third-order valence-electron chi connectivity index (χ3n) is 9.66.